The number of hydrogen-bond donors (Lipinski definition) is 2. The van der Waals surface area contributed by atoms with Crippen LogP contribution in [0.5, 0.6) is 0 Å². The Hall–Kier alpha value is -2.05. The van der Waals surface area contributed by atoms with E-state index in [-0.39, 0.29) is 18.3 Å². The third kappa shape index (κ3) is 3.99. The predicted molar refractivity (Wildman–Crippen MR) is 86.3 cm³/mol. The Morgan fingerprint density at radius 2 is 2.05 bits per heavy atom. The summed E-state index contributed by atoms with van der Waals surface area (Å²) in [5.74, 6) is 0.606. The first kappa shape index (κ1) is 16.3. The number of nitrogens with one attached hydrogen (secondary N) is 2. The smallest absolute Gasteiger partial charge is 0.277 e. The van der Waals surface area contributed by atoms with E-state index < -0.39 is 0 Å². The van der Waals surface area contributed by atoms with Crippen LogP contribution in [0, 0.1) is 0 Å². The largest absolute Gasteiger partial charge is 0.317 e. The van der Waals surface area contributed by atoms with Gasteiger partial charge in [0, 0.05) is 18.3 Å². The number of piperidine rings is 1. The molecule has 0 aliphatic carbocycles. The van der Waals surface area contributed by atoms with E-state index in [1.54, 1.807) is 24.5 Å². The lowest BCUT2D eigenvalue weighted by molar-refractivity contribution is 0.102. The van der Waals surface area contributed by atoms with Crippen molar-refractivity contribution < 1.29 is 4.79 Å². The van der Waals surface area contributed by atoms with Crippen molar-refractivity contribution in [1.29, 1.82) is 0 Å². The monoisotopic (exact) mass is 319 g/mol. The molecule has 7 heteroatoms. The van der Waals surface area contributed by atoms with Crippen molar-refractivity contribution in [1.82, 2.24) is 20.3 Å². The summed E-state index contributed by atoms with van der Waals surface area (Å²) in [4.78, 5) is 24.9. The third-order valence-corrected chi connectivity index (χ3v) is 3.55. The van der Waals surface area contributed by atoms with Gasteiger partial charge in [0.05, 0.1) is 11.9 Å². The lowest BCUT2D eigenvalue weighted by atomic mass is 9.95. The molecule has 0 spiro atoms. The van der Waals surface area contributed by atoms with Gasteiger partial charge in [-0.25, -0.2) is 9.97 Å². The molecule has 3 heterocycles. The summed E-state index contributed by atoms with van der Waals surface area (Å²) in [5, 5.41) is 6.04. The van der Waals surface area contributed by atoms with E-state index in [1.165, 1.54) is 6.20 Å². The van der Waals surface area contributed by atoms with Crippen molar-refractivity contribution >= 4 is 24.1 Å². The van der Waals surface area contributed by atoms with Crippen LogP contribution in [0.25, 0.3) is 0 Å². The van der Waals surface area contributed by atoms with E-state index in [1.807, 2.05) is 6.07 Å². The second-order valence-corrected chi connectivity index (χ2v) is 5.02. The molecule has 0 radical (unpaired) electrons. The van der Waals surface area contributed by atoms with E-state index in [9.17, 15) is 4.79 Å². The zero-order valence-electron chi connectivity index (χ0n) is 12.0. The second-order valence-electron chi connectivity index (χ2n) is 5.02. The minimum atomic E-state index is -0.281. The van der Waals surface area contributed by atoms with Gasteiger partial charge in [-0.15, -0.1) is 12.4 Å². The average Bonchev–Trinajstić information content (AvgIpc) is 2.57. The lowest BCUT2D eigenvalue weighted by Crippen LogP contribution is -2.27. The van der Waals surface area contributed by atoms with Crippen LogP contribution in [0.3, 0.4) is 0 Å². The molecule has 1 saturated heterocycles. The first-order valence-corrected chi connectivity index (χ1v) is 7.08. The molecule has 0 bridgehead atoms. The molecule has 1 aliphatic rings. The Morgan fingerprint density at radius 1 is 1.23 bits per heavy atom. The number of pyridine rings is 1. The molecule has 1 aliphatic heterocycles. The number of rotatable bonds is 3. The summed E-state index contributed by atoms with van der Waals surface area (Å²) < 4.78 is 0. The average molecular weight is 320 g/mol. The SMILES string of the molecule is Cl.O=C(Nc1ccccn1)c1cncc(C2CCNCC2)n1. The van der Waals surface area contributed by atoms with Crippen LogP contribution >= 0.6 is 12.4 Å². The zero-order chi connectivity index (χ0) is 14.5. The molecule has 116 valence electrons. The normalized spacial score (nSPS) is 14.9. The Morgan fingerprint density at radius 3 is 2.77 bits per heavy atom. The maximum absolute atomic E-state index is 12.2. The maximum Gasteiger partial charge on any atom is 0.277 e. The van der Waals surface area contributed by atoms with Crippen LogP contribution in [0.4, 0.5) is 5.82 Å². The molecule has 0 aromatic carbocycles. The number of amides is 1. The van der Waals surface area contributed by atoms with E-state index in [0.29, 0.717) is 17.4 Å². The van der Waals surface area contributed by atoms with Crippen molar-refractivity contribution in [2.24, 2.45) is 0 Å². The van der Waals surface area contributed by atoms with Gasteiger partial charge in [0.25, 0.3) is 5.91 Å². The Labute approximate surface area is 135 Å². The van der Waals surface area contributed by atoms with Gasteiger partial charge < -0.3 is 10.6 Å². The number of halogens is 1. The summed E-state index contributed by atoms with van der Waals surface area (Å²) in [6.07, 6.45) is 6.93. The molecule has 1 amide bonds. The number of anilines is 1. The van der Waals surface area contributed by atoms with Gasteiger partial charge in [0.2, 0.25) is 0 Å². The van der Waals surface area contributed by atoms with Crippen molar-refractivity contribution in [3.8, 4) is 0 Å². The van der Waals surface area contributed by atoms with Gasteiger partial charge in [-0.3, -0.25) is 9.78 Å². The molecule has 0 atom stereocenters. The molecule has 0 saturated carbocycles. The quantitative estimate of drug-likeness (QED) is 0.904. The Kier molecular flexibility index (Phi) is 5.80. The number of aromatic nitrogens is 3. The molecule has 1 fully saturated rings. The summed E-state index contributed by atoms with van der Waals surface area (Å²) in [7, 11) is 0. The highest BCUT2D eigenvalue weighted by Crippen LogP contribution is 2.22. The number of hydrogen-bond acceptors (Lipinski definition) is 5. The van der Waals surface area contributed by atoms with Crippen molar-refractivity contribution in [2.45, 2.75) is 18.8 Å². The van der Waals surface area contributed by atoms with E-state index >= 15 is 0 Å². The molecule has 22 heavy (non-hydrogen) atoms. The van der Waals surface area contributed by atoms with Gasteiger partial charge in [-0.2, -0.15) is 0 Å². The van der Waals surface area contributed by atoms with Crippen molar-refractivity contribution in [2.75, 3.05) is 18.4 Å². The van der Waals surface area contributed by atoms with Gasteiger partial charge >= 0.3 is 0 Å². The summed E-state index contributed by atoms with van der Waals surface area (Å²) in [5.41, 5.74) is 1.22. The topological polar surface area (TPSA) is 79.8 Å². The number of carbonyl (C=O) groups excluding carboxylic acids is 1. The van der Waals surface area contributed by atoms with Gasteiger partial charge in [-0.1, -0.05) is 6.07 Å². The van der Waals surface area contributed by atoms with Crippen LogP contribution in [0.1, 0.15) is 34.9 Å². The molecular formula is C15H18ClN5O. The molecule has 3 rings (SSSR count). The Bertz CT molecular complexity index is 616. The zero-order valence-corrected chi connectivity index (χ0v) is 12.8. The van der Waals surface area contributed by atoms with Crippen molar-refractivity contribution in [3.63, 3.8) is 0 Å². The number of nitrogens with zero attached hydrogens (tertiary/aromatic N) is 3. The van der Waals surface area contributed by atoms with E-state index in [4.69, 9.17) is 0 Å². The fourth-order valence-corrected chi connectivity index (χ4v) is 2.42. The molecule has 0 unspecified atom stereocenters. The van der Waals surface area contributed by atoms with Crippen LogP contribution in [0.2, 0.25) is 0 Å². The predicted octanol–water partition coefficient (Wildman–Crippen LogP) is 2.01. The fourth-order valence-electron chi connectivity index (χ4n) is 2.42. The fraction of sp³-hybridized carbons (Fsp3) is 0.333. The number of carbonyl (C=O) groups is 1. The Balaban J connectivity index is 0.00000176. The highest BCUT2D eigenvalue weighted by atomic mass is 35.5. The van der Waals surface area contributed by atoms with Crippen LogP contribution in [-0.4, -0.2) is 33.9 Å². The third-order valence-electron chi connectivity index (χ3n) is 3.55. The molecular weight excluding hydrogens is 302 g/mol. The van der Waals surface area contributed by atoms with Crippen LogP contribution < -0.4 is 10.6 Å². The highest BCUT2D eigenvalue weighted by Gasteiger charge is 2.18. The maximum atomic E-state index is 12.2. The standard InChI is InChI=1S/C15H17N5O.ClH/c21-15(20-14-3-1-2-6-18-14)13-10-17-9-12(19-13)11-4-7-16-8-5-11;/h1-3,6,9-11,16H,4-5,7-8H2,(H,18,20,21);1H. The first-order chi connectivity index (χ1) is 10.3. The minimum absolute atomic E-state index is 0. The van der Waals surface area contributed by atoms with Gasteiger partial charge in [-0.05, 0) is 38.1 Å². The summed E-state index contributed by atoms with van der Waals surface area (Å²) in [6.45, 7) is 1.97. The van der Waals surface area contributed by atoms with Gasteiger partial charge in [0.1, 0.15) is 11.5 Å². The second kappa shape index (κ2) is 7.82. The summed E-state index contributed by atoms with van der Waals surface area (Å²) >= 11 is 0. The highest BCUT2D eigenvalue weighted by molar-refractivity contribution is 6.02. The molecule has 2 N–H and O–H groups in total. The molecule has 2 aromatic heterocycles. The van der Waals surface area contributed by atoms with Crippen LogP contribution in [-0.2, 0) is 0 Å². The first-order valence-electron chi connectivity index (χ1n) is 7.08. The summed E-state index contributed by atoms with van der Waals surface area (Å²) in [6, 6.07) is 5.36. The lowest BCUT2D eigenvalue weighted by Gasteiger charge is -2.21. The van der Waals surface area contributed by atoms with Crippen LogP contribution in [0.15, 0.2) is 36.8 Å². The van der Waals surface area contributed by atoms with Gasteiger partial charge in [0.15, 0.2) is 0 Å². The minimum Gasteiger partial charge on any atom is -0.317 e. The van der Waals surface area contributed by atoms with E-state index in [0.717, 1.165) is 31.6 Å². The van der Waals surface area contributed by atoms with Crippen molar-refractivity contribution in [3.05, 3.63) is 48.2 Å². The molecule has 2 aromatic rings. The van der Waals surface area contributed by atoms with E-state index in [2.05, 4.69) is 25.6 Å². The molecule has 6 nitrogen and oxygen atoms in total.